The Hall–Kier alpha value is -0.150. The topological polar surface area (TPSA) is 15.6 Å². The maximum Gasteiger partial charge on any atom is 0.206 e. The molecule has 1 unspecified atom stereocenters. The van der Waals surface area contributed by atoms with E-state index < -0.39 is 0 Å². The quantitative estimate of drug-likeness (QED) is 0.346. The predicted molar refractivity (Wildman–Crippen MR) is 47.2 cm³/mol. The normalized spacial score (nSPS) is 24.9. The second-order valence-corrected chi connectivity index (χ2v) is 3.12. The first kappa shape index (κ1) is 7.95. The molecule has 0 saturated heterocycles. The van der Waals surface area contributed by atoms with Crippen molar-refractivity contribution in [2.24, 2.45) is 4.99 Å². The molecule has 0 aromatic heterocycles. The number of halogens is 1. The molecule has 1 aliphatic rings. The number of aliphatic imine (C=N–C) groups is 1. The van der Waals surface area contributed by atoms with E-state index in [0.29, 0.717) is 0 Å². The number of allylic oxidation sites excluding steroid dienone is 1. The van der Waals surface area contributed by atoms with Gasteiger partial charge < -0.3 is 0 Å². The molecule has 0 spiro atoms. The van der Waals surface area contributed by atoms with Gasteiger partial charge in [-0.25, -0.2) is 4.99 Å². The van der Waals surface area contributed by atoms with Gasteiger partial charge in [0.1, 0.15) is 0 Å². The Morgan fingerprint density at radius 3 is 3.00 bits per heavy atom. The first-order valence-corrected chi connectivity index (χ1v) is 4.55. The summed E-state index contributed by atoms with van der Waals surface area (Å²) in [6, 6.07) is 0. The summed E-state index contributed by atoms with van der Waals surface area (Å²) < 4.78 is 1.88. The van der Waals surface area contributed by atoms with Crippen LogP contribution in [0.4, 0.5) is 0 Å². The van der Waals surface area contributed by atoms with Crippen LogP contribution in [0.25, 0.3) is 0 Å². The van der Waals surface area contributed by atoms with Crippen LogP contribution in [0.15, 0.2) is 17.3 Å². The molecule has 0 aromatic rings. The fourth-order valence-corrected chi connectivity index (χ4v) is 1.53. The summed E-state index contributed by atoms with van der Waals surface area (Å²) in [6.07, 6.45) is 5.84. The molecule has 0 aromatic carbocycles. The molecule has 0 fully saturated rings. The molecule has 1 rings (SSSR count). The summed E-state index contributed by atoms with van der Waals surface area (Å²) in [7, 11) is 0. The van der Waals surface area contributed by atoms with Crippen LogP contribution < -0.4 is 0 Å². The third-order valence-electron chi connectivity index (χ3n) is 1.19. The van der Waals surface area contributed by atoms with E-state index in [2.05, 4.69) is 4.99 Å². The molecule has 0 radical (unpaired) electrons. The minimum absolute atomic E-state index is 0.236. The Balaban J connectivity index is 2.64. The van der Waals surface area contributed by atoms with Gasteiger partial charge in [0.05, 0.1) is 0 Å². The molecule has 10 heavy (non-hydrogen) atoms. The number of rotatable bonds is 1. The number of hydrogen-bond acceptors (Lipinski definition) is 3. The van der Waals surface area contributed by atoms with Crippen molar-refractivity contribution in [2.45, 2.75) is 12.5 Å². The van der Waals surface area contributed by atoms with Crippen molar-refractivity contribution in [2.75, 3.05) is 6.26 Å². The van der Waals surface area contributed by atoms with Gasteiger partial charge in [-0.2, -0.15) is 0 Å². The lowest BCUT2D eigenvalue weighted by atomic mass is 10.4. The van der Waals surface area contributed by atoms with Crippen molar-refractivity contribution in [1.29, 1.82) is 0 Å². The zero-order valence-corrected chi connectivity index (χ0v) is 7.49. The molecular weight excluding hydrogens is 168 g/mol. The molecule has 0 N–H and O–H groups in total. The molecule has 0 amide bonds. The lowest BCUT2D eigenvalue weighted by molar-refractivity contribution is 0.581. The van der Waals surface area contributed by atoms with Crippen molar-refractivity contribution >= 4 is 29.3 Å². The third kappa shape index (κ3) is 1.67. The lowest BCUT2D eigenvalue weighted by Crippen LogP contribution is -2.20. The second kappa shape index (κ2) is 3.30. The van der Waals surface area contributed by atoms with Crippen molar-refractivity contribution in [3.8, 4) is 0 Å². The van der Waals surface area contributed by atoms with Crippen LogP contribution in [0, 0.1) is 0 Å². The molecule has 56 valence electrons. The summed E-state index contributed by atoms with van der Waals surface area (Å²) in [4.78, 5) is 4.14. The van der Waals surface area contributed by atoms with E-state index in [-0.39, 0.29) is 5.62 Å². The molecular formula is C6H9ClN2S. The number of hydrogen-bond donors (Lipinski definition) is 0. The van der Waals surface area contributed by atoms with Gasteiger partial charge in [-0.15, -0.1) is 0 Å². The van der Waals surface area contributed by atoms with E-state index in [4.69, 9.17) is 11.6 Å². The molecule has 1 atom stereocenters. The Labute approximate surface area is 70.1 Å². The molecule has 1 aliphatic heterocycles. The lowest BCUT2D eigenvalue weighted by Gasteiger charge is -2.22. The molecule has 0 saturated carbocycles. The van der Waals surface area contributed by atoms with E-state index in [9.17, 15) is 0 Å². The van der Waals surface area contributed by atoms with Gasteiger partial charge in [-0.05, 0) is 13.0 Å². The van der Waals surface area contributed by atoms with Crippen molar-refractivity contribution in [3.05, 3.63) is 12.3 Å². The van der Waals surface area contributed by atoms with Gasteiger partial charge in [0.2, 0.25) is 5.62 Å². The predicted octanol–water partition coefficient (Wildman–Crippen LogP) is 2.08. The van der Waals surface area contributed by atoms with E-state index >= 15 is 0 Å². The van der Waals surface area contributed by atoms with E-state index in [0.717, 1.165) is 5.71 Å². The maximum absolute atomic E-state index is 5.84. The fraction of sp³-hybridized carbons (Fsp3) is 0.500. The van der Waals surface area contributed by atoms with Crippen LogP contribution in [-0.4, -0.2) is 21.9 Å². The Bertz CT molecular complexity index is 179. The van der Waals surface area contributed by atoms with Crippen LogP contribution in [0.2, 0.25) is 0 Å². The zero-order chi connectivity index (χ0) is 7.56. The van der Waals surface area contributed by atoms with Crippen LogP contribution in [0.1, 0.15) is 6.92 Å². The van der Waals surface area contributed by atoms with Gasteiger partial charge in [0, 0.05) is 18.2 Å². The van der Waals surface area contributed by atoms with Crippen LogP contribution in [-0.2, 0) is 0 Å². The number of alkyl halides is 1. The number of nitrogens with zero attached hydrogens (tertiary/aromatic N) is 2. The highest BCUT2D eigenvalue weighted by Gasteiger charge is 2.12. The zero-order valence-electron chi connectivity index (χ0n) is 5.91. The Kier molecular flexibility index (Phi) is 2.63. The highest BCUT2D eigenvalue weighted by atomic mass is 35.5. The average Bonchev–Trinajstić information content (AvgIpc) is 1.88. The fourth-order valence-electron chi connectivity index (χ4n) is 0.668. The molecule has 1 heterocycles. The summed E-state index contributed by atoms with van der Waals surface area (Å²) in [5, 5.41) is 0. The van der Waals surface area contributed by atoms with Crippen molar-refractivity contribution in [1.82, 2.24) is 4.31 Å². The SMILES string of the molecule is CSN1C=CC(C)=NC1Cl. The van der Waals surface area contributed by atoms with Gasteiger partial charge in [0.15, 0.2) is 0 Å². The summed E-state index contributed by atoms with van der Waals surface area (Å²) >= 11 is 7.41. The van der Waals surface area contributed by atoms with Crippen molar-refractivity contribution < 1.29 is 0 Å². The minimum atomic E-state index is -0.236. The molecule has 2 nitrogen and oxygen atoms in total. The standard InChI is InChI=1S/C6H9ClN2S/c1-5-3-4-9(10-2)6(7)8-5/h3-4,6H,1-2H3. The van der Waals surface area contributed by atoms with Gasteiger partial charge in [-0.1, -0.05) is 23.5 Å². The maximum atomic E-state index is 5.84. The minimum Gasteiger partial charge on any atom is -0.287 e. The van der Waals surface area contributed by atoms with Crippen LogP contribution in [0.5, 0.6) is 0 Å². The van der Waals surface area contributed by atoms with Gasteiger partial charge >= 0.3 is 0 Å². The van der Waals surface area contributed by atoms with Crippen molar-refractivity contribution in [3.63, 3.8) is 0 Å². The Morgan fingerprint density at radius 1 is 1.80 bits per heavy atom. The van der Waals surface area contributed by atoms with E-state index in [1.165, 1.54) is 0 Å². The smallest absolute Gasteiger partial charge is 0.206 e. The van der Waals surface area contributed by atoms with E-state index in [1.807, 2.05) is 29.8 Å². The Morgan fingerprint density at radius 2 is 2.50 bits per heavy atom. The molecule has 0 bridgehead atoms. The molecule has 0 aliphatic carbocycles. The first-order valence-electron chi connectivity index (χ1n) is 2.93. The van der Waals surface area contributed by atoms with Gasteiger partial charge in [0.25, 0.3) is 0 Å². The highest BCUT2D eigenvalue weighted by molar-refractivity contribution is 7.96. The molecule has 4 heteroatoms. The average molecular weight is 177 g/mol. The van der Waals surface area contributed by atoms with E-state index in [1.54, 1.807) is 11.9 Å². The largest absolute Gasteiger partial charge is 0.287 e. The summed E-state index contributed by atoms with van der Waals surface area (Å²) in [6.45, 7) is 1.93. The van der Waals surface area contributed by atoms with Crippen LogP contribution in [0.3, 0.4) is 0 Å². The summed E-state index contributed by atoms with van der Waals surface area (Å²) in [5.41, 5.74) is 0.741. The monoisotopic (exact) mass is 176 g/mol. The van der Waals surface area contributed by atoms with Crippen LogP contribution >= 0.6 is 23.5 Å². The third-order valence-corrected chi connectivity index (χ3v) is 2.36. The van der Waals surface area contributed by atoms with Gasteiger partial charge in [-0.3, -0.25) is 4.31 Å². The highest BCUT2D eigenvalue weighted by Crippen LogP contribution is 2.19. The first-order chi connectivity index (χ1) is 4.74. The second-order valence-electron chi connectivity index (χ2n) is 1.94. The summed E-state index contributed by atoms with van der Waals surface area (Å²) in [5.74, 6) is 0.